The van der Waals surface area contributed by atoms with E-state index < -0.39 is 28.3 Å². The molecule has 38 heavy (non-hydrogen) atoms. The molecule has 202 valence electrons. The molecule has 0 heterocycles. The van der Waals surface area contributed by atoms with Crippen molar-refractivity contribution in [2.75, 3.05) is 36.9 Å². The maximum Gasteiger partial charge on any atom is 0.265 e. The normalized spacial score (nSPS) is 10.9. The van der Waals surface area contributed by atoms with Crippen LogP contribution in [-0.2, 0) is 14.8 Å². The number of halogens is 1. The highest BCUT2D eigenvalue weighted by atomic mass is 32.2. The number of nitrogens with zero attached hydrogens (tertiary/aromatic N) is 1. The lowest BCUT2D eigenvalue weighted by Crippen LogP contribution is -2.39. The van der Waals surface area contributed by atoms with Gasteiger partial charge in [-0.15, -0.1) is 0 Å². The summed E-state index contributed by atoms with van der Waals surface area (Å²) in [6.07, 6.45) is 1.70. The second-order valence-electron chi connectivity index (χ2n) is 8.18. The van der Waals surface area contributed by atoms with E-state index in [9.17, 15) is 22.4 Å². The van der Waals surface area contributed by atoms with E-state index in [0.717, 1.165) is 18.9 Å². The van der Waals surface area contributed by atoms with Gasteiger partial charge in [-0.2, -0.15) is 0 Å². The van der Waals surface area contributed by atoms with Gasteiger partial charge in [0.1, 0.15) is 12.4 Å². The predicted octanol–water partition coefficient (Wildman–Crippen LogP) is 4.21. The second kappa shape index (κ2) is 12.9. The van der Waals surface area contributed by atoms with E-state index in [1.54, 1.807) is 18.2 Å². The summed E-state index contributed by atoms with van der Waals surface area (Å²) in [5, 5.41) is 5.38. The van der Waals surface area contributed by atoms with Crippen molar-refractivity contribution in [3.63, 3.8) is 0 Å². The number of methoxy groups -OCH3 is 2. The molecule has 0 aliphatic heterocycles. The van der Waals surface area contributed by atoms with Crippen molar-refractivity contribution in [1.29, 1.82) is 0 Å². The average molecular weight is 544 g/mol. The molecular weight excluding hydrogens is 513 g/mol. The Hall–Kier alpha value is -4.12. The number of ether oxygens (including phenoxy) is 2. The predicted molar refractivity (Wildman–Crippen MR) is 143 cm³/mol. The number of hydrogen-bond acceptors (Lipinski definition) is 6. The number of sulfonamides is 1. The first-order valence-corrected chi connectivity index (χ1v) is 13.3. The fourth-order valence-corrected chi connectivity index (χ4v) is 5.09. The number of carbonyl (C=O) groups excluding carboxylic acids is 2. The molecule has 0 bridgehead atoms. The molecular formula is C27H30FN3O6S. The first kappa shape index (κ1) is 28.5. The van der Waals surface area contributed by atoms with Crippen LogP contribution in [0.5, 0.6) is 11.5 Å². The van der Waals surface area contributed by atoms with E-state index in [-0.39, 0.29) is 33.5 Å². The number of hydrogen-bond donors (Lipinski definition) is 2. The Kier molecular flexibility index (Phi) is 9.66. The molecule has 2 N–H and O–H groups in total. The summed E-state index contributed by atoms with van der Waals surface area (Å²) < 4.78 is 53.2. The maximum atomic E-state index is 14.8. The minimum atomic E-state index is -4.45. The minimum absolute atomic E-state index is 0.148. The van der Waals surface area contributed by atoms with E-state index in [1.807, 2.05) is 6.92 Å². The van der Waals surface area contributed by atoms with Crippen LogP contribution >= 0.6 is 0 Å². The number of nitrogens with one attached hydrogen (secondary N) is 2. The van der Waals surface area contributed by atoms with Crippen LogP contribution in [0.3, 0.4) is 0 Å². The van der Waals surface area contributed by atoms with Crippen molar-refractivity contribution in [2.24, 2.45) is 0 Å². The van der Waals surface area contributed by atoms with E-state index in [4.69, 9.17) is 9.47 Å². The summed E-state index contributed by atoms with van der Waals surface area (Å²) in [5.74, 6) is -1.53. The molecule has 0 aliphatic rings. The van der Waals surface area contributed by atoms with Gasteiger partial charge in [0.25, 0.3) is 15.9 Å². The molecule has 0 radical (unpaired) electrons. The van der Waals surface area contributed by atoms with Crippen LogP contribution in [0, 0.1) is 5.82 Å². The summed E-state index contributed by atoms with van der Waals surface area (Å²) in [7, 11) is -1.69. The Bertz CT molecular complexity index is 1400. The lowest BCUT2D eigenvalue weighted by molar-refractivity contribution is -0.114. The Labute approximate surface area is 221 Å². The molecule has 9 nitrogen and oxygen atoms in total. The molecule has 3 aromatic carbocycles. The van der Waals surface area contributed by atoms with Gasteiger partial charge in [-0.05, 0) is 42.8 Å². The zero-order chi connectivity index (χ0) is 27.7. The molecule has 0 fully saturated rings. The van der Waals surface area contributed by atoms with Crippen LogP contribution < -0.4 is 24.4 Å². The molecule has 2 amide bonds. The molecule has 0 atom stereocenters. The lowest BCUT2D eigenvalue weighted by atomic mass is 10.1. The number of amides is 2. The number of para-hydroxylation sites is 2. The van der Waals surface area contributed by atoms with Crippen molar-refractivity contribution < 1.29 is 31.9 Å². The van der Waals surface area contributed by atoms with Gasteiger partial charge in [0.05, 0.1) is 36.1 Å². The molecule has 0 aliphatic carbocycles. The summed E-state index contributed by atoms with van der Waals surface area (Å²) in [6.45, 7) is 1.71. The second-order valence-corrected chi connectivity index (χ2v) is 10.0. The SMILES string of the molecule is CCCCNC(=O)c1ccccc1NC(=O)CN(c1ccccc1F)S(=O)(=O)c1ccc(OC)c(OC)c1. The largest absolute Gasteiger partial charge is 0.493 e. The summed E-state index contributed by atoms with van der Waals surface area (Å²) in [4.78, 5) is 25.5. The van der Waals surface area contributed by atoms with Crippen LogP contribution in [-0.4, -0.2) is 47.5 Å². The van der Waals surface area contributed by atoms with Crippen molar-refractivity contribution in [1.82, 2.24) is 5.32 Å². The monoisotopic (exact) mass is 543 g/mol. The number of anilines is 2. The summed E-state index contributed by atoms with van der Waals surface area (Å²) in [5.41, 5.74) is 0.101. The van der Waals surface area contributed by atoms with Crippen LogP contribution in [0.15, 0.2) is 71.6 Å². The topological polar surface area (TPSA) is 114 Å². The van der Waals surface area contributed by atoms with Crippen molar-refractivity contribution in [3.05, 3.63) is 78.1 Å². The van der Waals surface area contributed by atoms with Gasteiger partial charge in [0.2, 0.25) is 5.91 Å². The van der Waals surface area contributed by atoms with E-state index in [0.29, 0.717) is 16.6 Å². The van der Waals surface area contributed by atoms with Crippen LogP contribution in [0.1, 0.15) is 30.1 Å². The molecule has 0 spiro atoms. The Morgan fingerprint density at radius 3 is 2.32 bits per heavy atom. The number of rotatable bonds is 12. The Morgan fingerprint density at radius 2 is 1.63 bits per heavy atom. The van der Waals surface area contributed by atoms with Crippen molar-refractivity contribution >= 4 is 33.2 Å². The lowest BCUT2D eigenvalue weighted by Gasteiger charge is -2.25. The van der Waals surface area contributed by atoms with Crippen molar-refractivity contribution in [2.45, 2.75) is 24.7 Å². The molecule has 0 unspecified atom stereocenters. The molecule has 11 heteroatoms. The highest BCUT2D eigenvalue weighted by molar-refractivity contribution is 7.92. The van der Waals surface area contributed by atoms with Crippen molar-refractivity contribution in [3.8, 4) is 11.5 Å². The fourth-order valence-electron chi connectivity index (χ4n) is 3.64. The number of unbranched alkanes of at least 4 members (excludes halogenated alkanes) is 1. The van der Waals surface area contributed by atoms with Gasteiger partial charge in [-0.1, -0.05) is 37.6 Å². The first-order chi connectivity index (χ1) is 18.2. The highest BCUT2D eigenvalue weighted by Gasteiger charge is 2.30. The molecule has 0 saturated carbocycles. The van der Waals surface area contributed by atoms with Crippen LogP contribution in [0.2, 0.25) is 0 Å². The summed E-state index contributed by atoms with van der Waals surface area (Å²) >= 11 is 0. The zero-order valence-corrected chi connectivity index (χ0v) is 22.2. The average Bonchev–Trinajstić information content (AvgIpc) is 2.92. The molecule has 0 aromatic heterocycles. The first-order valence-electron chi connectivity index (χ1n) is 11.9. The third-order valence-corrected chi connectivity index (χ3v) is 7.37. The molecule has 3 aromatic rings. The van der Waals surface area contributed by atoms with Gasteiger partial charge < -0.3 is 20.1 Å². The maximum absolute atomic E-state index is 14.8. The quantitative estimate of drug-likeness (QED) is 0.331. The standard InChI is InChI=1S/C27H30FN3O6S/c1-4-5-16-29-27(33)20-10-6-8-12-22(20)30-26(32)18-31(23-13-9-7-11-21(23)28)38(34,35)19-14-15-24(36-2)25(17-19)37-3/h6-15,17H,4-5,16,18H2,1-3H3,(H,29,33)(H,30,32). The van der Waals surface area contributed by atoms with Gasteiger partial charge in [0, 0.05) is 12.6 Å². The highest BCUT2D eigenvalue weighted by Crippen LogP contribution is 2.33. The zero-order valence-electron chi connectivity index (χ0n) is 21.4. The van der Waals surface area contributed by atoms with Crippen LogP contribution in [0.25, 0.3) is 0 Å². The van der Waals surface area contributed by atoms with E-state index >= 15 is 0 Å². The Balaban J connectivity index is 1.95. The molecule has 0 saturated heterocycles. The van der Waals surface area contributed by atoms with E-state index in [2.05, 4.69) is 10.6 Å². The fraction of sp³-hybridized carbons (Fsp3) is 0.259. The smallest absolute Gasteiger partial charge is 0.265 e. The van der Waals surface area contributed by atoms with E-state index in [1.165, 1.54) is 56.7 Å². The number of carbonyl (C=O) groups is 2. The third kappa shape index (κ3) is 6.60. The van der Waals surface area contributed by atoms with Gasteiger partial charge in [0.15, 0.2) is 11.5 Å². The number of benzene rings is 3. The van der Waals surface area contributed by atoms with Gasteiger partial charge >= 0.3 is 0 Å². The van der Waals surface area contributed by atoms with Gasteiger partial charge in [-0.3, -0.25) is 13.9 Å². The summed E-state index contributed by atoms with van der Waals surface area (Å²) in [6, 6.07) is 15.5. The van der Waals surface area contributed by atoms with Gasteiger partial charge in [-0.25, -0.2) is 12.8 Å². The Morgan fingerprint density at radius 1 is 0.947 bits per heavy atom. The third-order valence-electron chi connectivity index (χ3n) is 5.61. The minimum Gasteiger partial charge on any atom is -0.493 e. The van der Waals surface area contributed by atoms with Crippen LogP contribution in [0.4, 0.5) is 15.8 Å². The molecule has 3 rings (SSSR count).